The lowest BCUT2D eigenvalue weighted by Crippen LogP contribution is -2.35. The molecular formula is C11H20N4O. The summed E-state index contributed by atoms with van der Waals surface area (Å²) in [5.74, 6) is 1.81. The molecular weight excluding hydrogens is 204 g/mol. The minimum atomic E-state index is 0.541. The largest absolute Gasteiger partial charge is 0.383 e. The van der Waals surface area contributed by atoms with Crippen molar-refractivity contribution in [2.75, 3.05) is 20.3 Å². The molecule has 0 amide bonds. The maximum absolute atomic E-state index is 5.22. The summed E-state index contributed by atoms with van der Waals surface area (Å²) in [7, 11) is 1.77. The number of aromatic amines is 1. The number of rotatable bonds is 8. The normalized spacial score (nSPS) is 17.6. The Labute approximate surface area is 96.0 Å². The molecule has 1 unspecified atom stereocenters. The lowest BCUT2D eigenvalue weighted by atomic mass is 10.2. The van der Waals surface area contributed by atoms with Crippen LogP contribution in [0.15, 0.2) is 6.33 Å². The van der Waals surface area contributed by atoms with Crippen molar-refractivity contribution in [1.29, 1.82) is 0 Å². The Balaban J connectivity index is 1.59. The monoisotopic (exact) mass is 224 g/mol. The smallest absolute Gasteiger partial charge is 0.137 e. The van der Waals surface area contributed by atoms with E-state index in [2.05, 4.69) is 20.5 Å². The van der Waals surface area contributed by atoms with Crippen molar-refractivity contribution in [3.05, 3.63) is 12.2 Å². The van der Waals surface area contributed by atoms with Crippen molar-refractivity contribution in [3.8, 4) is 0 Å². The summed E-state index contributed by atoms with van der Waals surface area (Å²) in [4.78, 5) is 4.10. The highest BCUT2D eigenvalue weighted by Gasteiger charge is 2.30. The number of nitrogens with zero attached hydrogens (tertiary/aromatic N) is 2. The highest BCUT2D eigenvalue weighted by Crippen LogP contribution is 2.32. The number of methoxy groups -OCH3 is 1. The van der Waals surface area contributed by atoms with E-state index in [9.17, 15) is 0 Å². The molecule has 2 rings (SSSR count). The molecule has 0 radical (unpaired) electrons. The molecule has 1 aromatic heterocycles. The van der Waals surface area contributed by atoms with Gasteiger partial charge in [0.1, 0.15) is 12.2 Å². The van der Waals surface area contributed by atoms with Gasteiger partial charge in [0.2, 0.25) is 0 Å². The van der Waals surface area contributed by atoms with Gasteiger partial charge in [0.15, 0.2) is 0 Å². The molecule has 1 aliphatic carbocycles. The average Bonchev–Trinajstić information content (AvgIpc) is 3.01. The molecule has 90 valence electrons. The average molecular weight is 224 g/mol. The Bertz CT molecular complexity index is 284. The molecule has 1 fully saturated rings. The summed E-state index contributed by atoms with van der Waals surface area (Å²) >= 11 is 0. The second-order valence-corrected chi connectivity index (χ2v) is 4.39. The van der Waals surface area contributed by atoms with E-state index < -0.39 is 0 Å². The highest BCUT2D eigenvalue weighted by atomic mass is 16.5. The Hall–Kier alpha value is -0.940. The Morgan fingerprint density at radius 3 is 3.12 bits per heavy atom. The zero-order chi connectivity index (χ0) is 11.2. The predicted octanol–water partition coefficient (Wildman–Crippen LogP) is 0.752. The van der Waals surface area contributed by atoms with Crippen molar-refractivity contribution in [2.45, 2.75) is 31.7 Å². The second kappa shape index (κ2) is 5.96. The van der Waals surface area contributed by atoms with E-state index in [-0.39, 0.29) is 0 Å². The molecule has 1 heterocycles. The molecule has 0 aromatic carbocycles. The van der Waals surface area contributed by atoms with E-state index in [1.54, 1.807) is 13.4 Å². The van der Waals surface area contributed by atoms with Gasteiger partial charge in [-0.05, 0) is 31.7 Å². The Morgan fingerprint density at radius 2 is 2.50 bits per heavy atom. The first-order valence-electron chi connectivity index (χ1n) is 5.96. The fraction of sp³-hybridized carbons (Fsp3) is 0.818. The minimum absolute atomic E-state index is 0.541. The summed E-state index contributed by atoms with van der Waals surface area (Å²) in [6.07, 6.45) is 6.30. The fourth-order valence-electron chi connectivity index (χ4n) is 1.93. The van der Waals surface area contributed by atoms with Gasteiger partial charge in [-0.1, -0.05) is 0 Å². The second-order valence-electron chi connectivity index (χ2n) is 4.39. The van der Waals surface area contributed by atoms with Crippen molar-refractivity contribution in [1.82, 2.24) is 20.5 Å². The molecule has 1 atom stereocenters. The first-order valence-corrected chi connectivity index (χ1v) is 5.96. The highest BCUT2D eigenvalue weighted by molar-refractivity contribution is 4.87. The van der Waals surface area contributed by atoms with Crippen LogP contribution in [0.3, 0.4) is 0 Å². The van der Waals surface area contributed by atoms with E-state index >= 15 is 0 Å². The molecule has 1 aromatic rings. The summed E-state index contributed by atoms with van der Waals surface area (Å²) < 4.78 is 5.22. The molecule has 1 aliphatic rings. The summed E-state index contributed by atoms with van der Waals surface area (Å²) in [5, 5.41) is 10.3. The molecule has 0 bridgehead atoms. The fourth-order valence-corrected chi connectivity index (χ4v) is 1.93. The summed E-state index contributed by atoms with van der Waals surface area (Å²) in [6, 6.07) is 0.541. The van der Waals surface area contributed by atoms with Gasteiger partial charge >= 0.3 is 0 Å². The van der Waals surface area contributed by atoms with Gasteiger partial charge in [-0.3, -0.25) is 5.10 Å². The molecule has 0 aliphatic heterocycles. The third-order valence-corrected chi connectivity index (χ3v) is 3.00. The van der Waals surface area contributed by atoms with Crippen LogP contribution in [-0.4, -0.2) is 41.5 Å². The van der Waals surface area contributed by atoms with Gasteiger partial charge in [-0.2, -0.15) is 5.10 Å². The number of ether oxygens (including phenoxy) is 1. The van der Waals surface area contributed by atoms with Crippen LogP contribution >= 0.6 is 0 Å². The molecule has 5 nitrogen and oxygen atoms in total. The lowest BCUT2D eigenvalue weighted by molar-refractivity contribution is 0.157. The molecule has 0 saturated heterocycles. The molecule has 1 saturated carbocycles. The Morgan fingerprint density at radius 1 is 1.62 bits per heavy atom. The number of nitrogens with one attached hydrogen (secondary N) is 2. The van der Waals surface area contributed by atoms with Gasteiger partial charge < -0.3 is 10.1 Å². The van der Waals surface area contributed by atoms with Crippen molar-refractivity contribution in [2.24, 2.45) is 5.92 Å². The van der Waals surface area contributed by atoms with Crippen LogP contribution in [0.4, 0.5) is 0 Å². The molecule has 0 spiro atoms. The SMILES string of the molecule is COCC(NCCCc1ncn[nH]1)C1CC1. The van der Waals surface area contributed by atoms with Gasteiger partial charge in [-0.15, -0.1) is 0 Å². The van der Waals surface area contributed by atoms with Crippen LogP contribution in [0, 0.1) is 5.92 Å². The quantitative estimate of drug-likeness (QED) is 0.640. The standard InChI is InChI=1S/C11H20N4O/c1-16-7-10(9-4-5-9)12-6-2-3-11-13-8-14-15-11/h8-10,12H,2-7H2,1H3,(H,13,14,15). The van der Waals surface area contributed by atoms with E-state index in [4.69, 9.17) is 4.74 Å². The lowest BCUT2D eigenvalue weighted by Gasteiger charge is -2.16. The molecule has 16 heavy (non-hydrogen) atoms. The molecule has 2 N–H and O–H groups in total. The summed E-state index contributed by atoms with van der Waals surface area (Å²) in [6.45, 7) is 1.85. The van der Waals surface area contributed by atoms with Crippen LogP contribution in [0.1, 0.15) is 25.1 Å². The van der Waals surface area contributed by atoms with Crippen molar-refractivity contribution < 1.29 is 4.74 Å². The number of H-pyrrole nitrogens is 1. The maximum Gasteiger partial charge on any atom is 0.137 e. The maximum atomic E-state index is 5.22. The van der Waals surface area contributed by atoms with Gasteiger partial charge in [0.25, 0.3) is 0 Å². The summed E-state index contributed by atoms with van der Waals surface area (Å²) in [5.41, 5.74) is 0. The van der Waals surface area contributed by atoms with Crippen LogP contribution in [0.5, 0.6) is 0 Å². The number of hydrogen-bond donors (Lipinski definition) is 2. The minimum Gasteiger partial charge on any atom is -0.383 e. The van der Waals surface area contributed by atoms with Gasteiger partial charge in [-0.25, -0.2) is 4.98 Å². The topological polar surface area (TPSA) is 62.8 Å². The van der Waals surface area contributed by atoms with Gasteiger partial charge in [0.05, 0.1) is 6.61 Å². The Kier molecular flexibility index (Phi) is 4.30. The van der Waals surface area contributed by atoms with Crippen LogP contribution in [-0.2, 0) is 11.2 Å². The molecule has 5 heteroatoms. The van der Waals surface area contributed by atoms with E-state index in [1.165, 1.54) is 12.8 Å². The van der Waals surface area contributed by atoms with Crippen molar-refractivity contribution >= 4 is 0 Å². The third kappa shape index (κ3) is 3.57. The van der Waals surface area contributed by atoms with Crippen LogP contribution < -0.4 is 5.32 Å². The first-order chi connectivity index (χ1) is 7.90. The van der Waals surface area contributed by atoms with E-state index in [0.29, 0.717) is 6.04 Å². The number of hydrogen-bond acceptors (Lipinski definition) is 4. The van der Waals surface area contributed by atoms with E-state index in [1.807, 2.05) is 0 Å². The predicted molar refractivity (Wildman–Crippen MR) is 61.1 cm³/mol. The third-order valence-electron chi connectivity index (χ3n) is 3.00. The van der Waals surface area contributed by atoms with Crippen LogP contribution in [0.25, 0.3) is 0 Å². The van der Waals surface area contributed by atoms with E-state index in [0.717, 1.165) is 37.7 Å². The zero-order valence-corrected chi connectivity index (χ0v) is 9.78. The van der Waals surface area contributed by atoms with Crippen LogP contribution in [0.2, 0.25) is 0 Å². The number of aromatic nitrogens is 3. The van der Waals surface area contributed by atoms with Gasteiger partial charge in [0, 0.05) is 19.6 Å². The van der Waals surface area contributed by atoms with Crippen molar-refractivity contribution in [3.63, 3.8) is 0 Å². The number of aryl methyl sites for hydroxylation is 1. The first kappa shape index (κ1) is 11.5. The zero-order valence-electron chi connectivity index (χ0n) is 9.78.